The number of pyridine rings is 1. The van der Waals surface area contributed by atoms with Gasteiger partial charge in [0.05, 0.1) is 11.7 Å². The molecule has 1 heterocycles. The number of rotatable bonds is 4. The van der Waals surface area contributed by atoms with Gasteiger partial charge in [0.1, 0.15) is 11.6 Å². The molecule has 6 heteroatoms. The van der Waals surface area contributed by atoms with Gasteiger partial charge in [-0.3, -0.25) is 9.36 Å². The van der Waals surface area contributed by atoms with Gasteiger partial charge in [-0.15, -0.1) is 10.2 Å². The summed E-state index contributed by atoms with van der Waals surface area (Å²) in [6.07, 6.45) is 0. The monoisotopic (exact) mass is 386 g/mol. The molecule has 3 rings (SSSR count). The Morgan fingerprint density at radius 2 is 1.55 bits per heavy atom. The Hall–Kier alpha value is -3.72. The van der Waals surface area contributed by atoms with Crippen LogP contribution < -0.4 is 5.56 Å². The van der Waals surface area contributed by atoms with Crippen molar-refractivity contribution in [3.8, 4) is 11.9 Å². The minimum atomic E-state index is -0.495. The maximum Gasteiger partial charge on any atom is 0.282 e. The number of aromatic nitrogens is 1. The van der Waals surface area contributed by atoms with E-state index in [-0.39, 0.29) is 17.1 Å². The van der Waals surface area contributed by atoms with Crippen LogP contribution in [0.15, 0.2) is 63.6 Å². The second kappa shape index (κ2) is 8.11. The molecule has 0 amide bonds. The molecule has 0 aliphatic carbocycles. The first-order chi connectivity index (χ1) is 13.9. The maximum absolute atomic E-state index is 13.2. The van der Waals surface area contributed by atoms with Crippen molar-refractivity contribution in [3.05, 3.63) is 86.7 Å². The highest BCUT2D eigenvalue weighted by atomic mass is 16.3. The Kier molecular flexibility index (Phi) is 5.60. The molecule has 0 spiro atoms. The van der Waals surface area contributed by atoms with E-state index in [1.165, 1.54) is 4.57 Å². The number of benzene rings is 2. The summed E-state index contributed by atoms with van der Waals surface area (Å²) in [5.41, 5.74) is 3.25. The summed E-state index contributed by atoms with van der Waals surface area (Å²) >= 11 is 0. The Labute approximate surface area is 169 Å². The molecule has 6 nitrogen and oxygen atoms in total. The Bertz CT molecular complexity index is 1170. The van der Waals surface area contributed by atoms with Gasteiger partial charge in [-0.1, -0.05) is 48.5 Å². The van der Waals surface area contributed by atoms with Gasteiger partial charge in [0.25, 0.3) is 5.56 Å². The molecular formula is C23H22N4O2. The molecule has 1 N–H and O–H groups in total. The lowest BCUT2D eigenvalue weighted by Gasteiger charge is -2.19. The minimum absolute atomic E-state index is 0.0165. The van der Waals surface area contributed by atoms with Crippen LogP contribution in [0.5, 0.6) is 5.88 Å². The quantitative estimate of drug-likeness (QED) is 0.611. The highest BCUT2D eigenvalue weighted by Gasteiger charge is 2.23. The molecule has 1 aromatic heterocycles. The zero-order chi connectivity index (χ0) is 21.1. The number of nitriles is 1. The number of aryl methyl sites for hydroxylation is 2. The molecule has 0 saturated carbocycles. The van der Waals surface area contributed by atoms with Gasteiger partial charge in [0.15, 0.2) is 5.69 Å². The number of hydrogen-bond acceptors (Lipinski definition) is 5. The van der Waals surface area contributed by atoms with Gasteiger partial charge in [0, 0.05) is 5.56 Å². The predicted octanol–water partition coefficient (Wildman–Crippen LogP) is 5.38. The molecule has 2 aromatic carbocycles. The lowest BCUT2D eigenvalue weighted by Crippen LogP contribution is -2.25. The van der Waals surface area contributed by atoms with Gasteiger partial charge in [-0.25, -0.2) is 0 Å². The fraction of sp³-hybridized carbons (Fsp3) is 0.217. The predicted molar refractivity (Wildman–Crippen MR) is 112 cm³/mol. The molecule has 146 valence electrons. The number of nitrogens with zero attached hydrogens (tertiary/aromatic N) is 4. The van der Waals surface area contributed by atoms with E-state index in [2.05, 4.69) is 10.2 Å². The molecule has 0 bridgehead atoms. The molecule has 0 aliphatic heterocycles. The zero-order valence-electron chi connectivity index (χ0n) is 16.8. The first-order valence-corrected chi connectivity index (χ1v) is 9.27. The Morgan fingerprint density at radius 1 is 0.966 bits per heavy atom. The molecular weight excluding hydrogens is 364 g/mol. The van der Waals surface area contributed by atoms with Crippen molar-refractivity contribution in [3.63, 3.8) is 0 Å². The van der Waals surface area contributed by atoms with Crippen LogP contribution in [0.4, 0.5) is 11.4 Å². The van der Waals surface area contributed by atoms with Crippen molar-refractivity contribution in [1.29, 1.82) is 5.26 Å². The van der Waals surface area contributed by atoms with E-state index in [0.717, 1.165) is 16.7 Å². The lowest BCUT2D eigenvalue weighted by atomic mass is 10.1. The summed E-state index contributed by atoms with van der Waals surface area (Å²) < 4.78 is 1.19. The van der Waals surface area contributed by atoms with Gasteiger partial charge >= 0.3 is 0 Å². The summed E-state index contributed by atoms with van der Waals surface area (Å²) in [7, 11) is 0. The molecule has 3 aromatic rings. The maximum atomic E-state index is 13.2. The minimum Gasteiger partial charge on any atom is -0.493 e. The van der Waals surface area contributed by atoms with Gasteiger partial charge in [0.2, 0.25) is 5.88 Å². The van der Waals surface area contributed by atoms with Crippen molar-refractivity contribution in [2.45, 2.75) is 33.7 Å². The molecule has 0 saturated heterocycles. The van der Waals surface area contributed by atoms with Crippen molar-refractivity contribution in [2.24, 2.45) is 10.2 Å². The topological polar surface area (TPSA) is 90.7 Å². The Morgan fingerprint density at radius 3 is 2.14 bits per heavy atom. The van der Waals surface area contributed by atoms with Gasteiger partial charge < -0.3 is 5.11 Å². The van der Waals surface area contributed by atoms with E-state index in [1.807, 2.05) is 68.4 Å². The molecule has 1 atom stereocenters. The standard InChI is InChI=1S/C23H22N4O2/c1-14-9-8-10-15(2)20(14)25-26-21-16(3)19(13-24)22(28)27(23(21)29)17(4)18-11-6-5-7-12-18/h5-12,17,28H,1-4H3. The molecule has 29 heavy (non-hydrogen) atoms. The average Bonchev–Trinajstić information content (AvgIpc) is 2.70. The third kappa shape index (κ3) is 3.67. The summed E-state index contributed by atoms with van der Waals surface area (Å²) in [6, 6.07) is 16.6. The summed E-state index contributed by atoms with van der Waals surface area (Å²) in [6.45, 7) is 7.22. The zero-order valence-corrected chi connectivity index (χ0v) is 16.8. The highest BCUT2D eigenvalue weighted by Crippen LogP contribution is 2.31. The third-order valence-electron chi connectivity index (χ3n) is 5.07. The van der Waals surface area contributed by atoms with Crippen LogP contribution in [-0.4, -0.2) is 9.67 Å². The second-order valence-corrected chi connectivity index (χ2v) is 6.99. The number of hydrogen-bond donors (Lipinski definition) is 1. The third-order valence-corrected chi connectivity index (χ3v) is 5.07. The largest absolute Gasteiger partial charge is 0.493 e. The molecule has 0 fully saturated rings. The summed E-state index contributed by atoms with van der Waals surface area (Å²) in [5, 5.41) is 28.7. The van der Waals surface area contributed by atoms with E-state index in [4.69, 9.17) is 0 Å². The van der Waals surface area contributed by atoms with E-state index < -0.39 is 11.6 Å². The number of azo groups is 1. The van der Waals surface area contributed by atoms with Crippen LogP contribution in [0, 0.1) is 32.1 Å². The Balaban J connectivity index is 2.22. The lowest BCUT2D eigenvalue weighted by molar-refractivity contribution is 0.393. The molecule has 1 unspecified atom stereocenters. The van der Waals surface area contributed by atoms with Crippen LogP contribution in [0.3, 0.4) is 0 Å². The van der Waals surface area contributed by atoms with Crippen molar-refractivity contribution < 1.29 is 5.11 Å². The van der Waals surface area contributed by atoms with Gasteiger partial charge in [-0.05, 0) is 44.4 Å². The first-order valence-electron chi connectivity index (χ1n) is 9.27. The average molecular weight is 386 g/mol. The van der Waals surface area contributed by atoms with E-state index >= 15 is 0 Å². The van der Waals surface area contributed by atoms with Crippen LogP contribution in [0.25, 0.3) is 0 Å². The fourth-order valence-electron chi connectivity index (χ4n) is 3.33. The fourth-order valence-corrected chi connectivity index (χ4v) is 3.33. The van der Waals surface area contributed by atoms with Crippen LogP contribution in [-0.2, 0) is 0 Å². The van der Waals surface area contributed by atoms with E-state index in [9.17, 15) is 15.2 Å². The first kappa shape index (κ1) is 20.0. The second-order valence-electron chi connectivity index (χ2n) is 6.99. The van der Waals surface area contributed by atoms with Gasteiger partial charge in [-0.2, -0.15) is 5.26 Å². The van der Waals surface area contributed by atoms with E-state index in [0.29, 0.717) is 11.3 Å². The van der Waals surface area contributed by atoms with Crippen molar-refractivity contribution in [1.82, 2.24) is 4.57 Å². The van der Waals surface area contributed by atoms with Crippen LogP contribution in [0.1, 0.15) is 40.8 Å². The molecule has 0 aliphatic rings. The van der Waals surface area contributed by atoms with Crippen molar-refractivity contribution >= 4 is 11.4 Å². The van der Waals surface area contributed by atoms with Crippen molar-refractivity contribution in [2.75, 3.05) is 0 Å². The molecule has 0 radical (unpaired) electrons. The van der Waals surface area contributed by atoms with Crippen LogP contribution in [0.2, 0.25) is 0 Å². The normalized spacial score (nSPS) is 12.1. The smallest absolute Gasteiger partial charge is 0.282 e. The summed E-state index contributed by atoms with van der Waals surface area (Å²) in [5.74, 6) is -0.364. The van der Waals surface area contributed by atoms with E-state index in [1.54, 1.807) is 13.8 Å². The summed E-state index contributed by atoms with van der Waals surface area (Å²) in [4.78, 5) is 13.2. The number of aromatic hydroxyl groups is 1. The highest BCUT2D eigenvalue weighted by molar-refractivity contribution is 5.58. The SMILES string of the molecule is Cc1cccc(C)c1N=Nc1c(C)c(C#N)c(O)n(C(C)c2ccccc2)c1=O. The van der Waals surface area contributed by atoms with Crippen LogP contribution >= 0.6 is 0 Å².